The Morgan fingerprint density at radius 2 is 1.92 bits per heavy atom. The molecule has 0 unspecified atom stereocenters. The summed E-state index contributed by atoms with van der Waals surface area (Å²) in [7, 11) is -0.385. The van der Waals surface area contributed by atoms with E-state index in [0.29, 0.717) is 16.5 Å². The lowest BCUT2D eigenvalue weighted by atomic mass is 9.99. The summed E-state index contributed by atoms with van der Waals surface area (Å²) in [5.41, 5.74) is 2.40. The molecule has 0 fully saturated rings. The van der Waals surface area contributed by atoms with Crippen LogP contribution in [0.1, 0.15) is 25.0 Å². The van der Waals surface area contributed by atoms with Gasteiger partial charge in [-0.05, 0) is 38.1 Å². The quantitative estimate of drug-likeness (QED) is 0.746. The fourth-order valence-electron chi connectivity index (χ4n) is 2.42. The van der Waals surface area contributed by atoms with E-state index in [-0.39, 0.29) is 0 Å². The first-order chi connectivity index (χ1) is 11.4. The van der Waals surface area contributed by atoms with Crippen LogP contribution in [0.5, 0.6) is 5.75 Å². The van der Waals surface area contributed by atoms with Crippen molar-refractivity contribution in [3.63, 3.8) is 0 Å². The monoisotopic (exact) mass is 363 g/mol. The van der Waals surface area contributed by atoms with Crippen LogP contribution in [0.2, 0.25) is 5.02 Å². The summed E-state index contributed by atoms with van der Waals surface area (Å²) in [6, 6.07) is 12.8. The molecular weight excluding hydrogens is 348 g/mol. The van der Waals surface area contributed by atoms with Crippen molar-refractivity contribution >= 4 is 33.9 Å². The van der Waals surface area contributed by atoms with E-state index in [4.69, 9.17) is 21.3 Å². The minimum absolute atomic E-state index is 0.516. The molecule has 0 aromatic heterocycles. The van der Waals surface area contributed by atoms with Gasteiger partial charge in [0, 0.05) is 35.0 Å². The Kier molecular flexibility index (Phi) is 4.62. The van der Waals surface area contributed by atoms with Gasteiger partial charge in [-0.3, -0.25) is 0 Å². The minimum atomic E-state index is -1.72. The van der Waals surface area contributed by atoms with Gasteiger partial charge in [-0.25, -0.2) is 4.99 Å². The van der Waals surface area contributed by atoms with Crippen molar-refractivity contribution in [1.82, 2.24) is 0 Å². The van der Waals surface area contributed by atoms with Gasteiger partial charge in [-0.15, -0.1) is 0 Å². The molecule has 3 rings (SSSR count). The molecule has 2 aromatic rings. The van der Waals surface area contributed by atoms with Gasteiger partial charge in [-0.1, -0.05) is 34.6 Å². The molecule has 2 aromatic carbocycles. The predicted octanol–water partition coefficient (Wildman–Crippen LogP) is 4.65. The van der Waals surface area contributed by atoms with E-state index < -0.39 is 16.6 Å². The Labute approximate surface area is 147 Å². The molecule has 5 nitrogen and oxygen atoms in total. The summed E-state index contributed by atoms with van der Waals surface area (Å²) in [6.45, 7) is 3.76. The third kappa shape index (κ3) is 3.61. The molecule has 0 bridgehead atoms. The Morgan fingerprint density at radius 3 is 2.58 bits per heavy atom. The molecule has 0 amide bonds. The van der Waals surface area contributed by atoms with E-state index in [1.807, 2.05) is 44.2 Å². The second-order valence-electron chi connectivity index (χ2n) is 5.67. The maximum Gasteiger partial charge on any atom is 0.195 e. The largest absolute Gasteiger partial charge is 0.466 e. The van der Waals surface area contributed by atoms with Gasteiger partial charge in [0.25, 0.3) is 0 Å². The van der Waals surface area contributed by atoms with Crippen molar-refractivity contribution in [1.29, 1.82) is 0 Å². The molecule has 1 heterocycles. The summed E-state index contributed by atoms with van der Waals surface area (Å²) in [4.78, 5) is 4.70. The zero-order chi connectivity index (χ0) is 17.3. The number of fused-ring (bicyclic) bond motifs is 1. The summed E-state index contributed by atoms with van der Waals surface area (Å²) < 4.78 is 26.0. The molecule has 0 aliphatic carbocycles. The number of aliphatic imine (C=N–C) groups is 1. The fourth-order valence-corrected chi connectivity index (χ4v) is 2.91. The van der Waals surface area contributed by atoms with Crippen LogP contribution in [0.3, 0.4) is 0 Å². The molecule has 1 aliphatic heterocycles. The van der Waals surface area contributed by atoms with Gasteiger partial charge in [-0.2, -0.15) is 0 Å². The maximum atomic E-state index is 11.4. The van der Waals surface area contributed by atoms with Crippen molar-refractivity contribution in [3.8, 4) is 5.75 Å². The van der Waals surface area contributed by atoms with Crippen LogP contribution in [0.25, 0.3) is 0 Å². The molecule has 0 atom stereocenters. The maximum absolute atomic E-state index is 11.4. The molecule has 24 heavy (non-hydrogen) atoms. The lowest BCUT2D eigenvalue weighted by Crippen LogP contribution is -2.32. The Morgan fingerprint density at radius 1 is 1.21 bits per heavy atom. The molecule has 0 N–H and O–H groups in total. The van der Waals surface area contributed by atoms with E-state index in [9.17, 15) is 4.21 Å². The smallest absolute Gasteiger partial charge is 0.195 e. The summed E-state index contributed by atoms with van der Waals surface area (Å²) in [5, 5.41) is 0.669. The van der Waals surface area contributed by atoms with Gasteiger partial charge in [0.05, 0.1) is 5.71 Å². The number of hydrogen-bond donors (Lipinski definition) is 0. The topological polar surface area (TPSA) is 60.2 Å². The van der Waals surface area contributed by atoms with Gasteiger partial charge in [0.15, 0.2) is 5.72 Å². The highest BCUT2D eigenvalue weighted by Crippen LogP contribution is 2.35. The second kappa shape index (κ2) is 6.55. The fraction of sp³-hybridized carbons (Fsp3) is 0.235. The number of rotatable bonds is 3. The first-order valence-electron chi connectivity index (χ1n) is 7.25. The second-order valence-corrected chi connectivity index (χ2v) is 7.06. The van der Waals surface area contributed by atoms with Gasteiger partial charge in [0.2, 0.25) is 0 Å². The van der Waals surface area contributed by atoms with E-state index in [1.165, 1.54) is 7.11 Å². The van der Waals surface area contributed by atoms with Crippen LogP contribution in [0.4, 0.5) is 5.69 Å². The first kappa shape index (κ1) is 17.0. The zero-order valence-corrected chi connectivity index (χ0v) is 15.0. The van der Waals surface area contributed by atoms with E-state index in [0.717, 1.165) is 16.8 Å². The Bertz CT molecular complexity index is 885. The van der Waals surface area contributed by atoms with Crippen LogP contribution in [0.15, 0.2) is 51.8 Å². The summed E-state index contributed by atoms with van der Waals surface area (Å²) in [5.74, 6) is 0.634. The zero-order valence-electron chi connectivity index (χ0n) is 13.4. The molecule has 126 valence electrons. The third-order valence-corrected chi connectivity index (χ3v) is 4.30. The SMILES string of the molecule is CO[S-](=O)=Nc1ccc2c(c1)OC(C)(C)N=C2c1ccc(Cl)cc1. The average Bonchev–Trinajstić information content (AvgIpc) is 2.53. The lowest BCUT2D eigenvalue weighted by Gasteiger charge is -2.30. The van der Waals surface area contributed by atoms with E-state index in [1.54, 1.807) is 12.1 Å². The standard InChI is InChI=1S/C17H16ClN2O3S/c1-17(2)19-16(11-4-6-12(18)7-5-11)14-9-8-13(10-15(14)23-17)20-24(21)22-3/h4-10H,1-3H3/q-1. The highest BCUT2D eigenvalue weighted by Gasteiger charge is 2.28. The van der Waals surface area contributed by atoms with Crippen LogP contribution in [-0.4, -0.2) is 18.5 Å². The Hall–Kier alpha value is -1.89. The minimum Gasteiger partial charge on any atom is -0.466 e. The third-order valence-electron chi connectivity index (χ3n) is 3.40. The van der Waals surface area contributed by atoms with Crippen LogP contribution in [0, 0.1) is 0 Å². The molecule has 0 saturated heterocycles. The van der Waals surface area contributed by atoms with Crippen LogP contribution < -0.4 is 4.74 Å². The number of benzene rings is 2. The number of nitrogens with zero attached hydrogens (tertiary/aromatic N) is 2. The molecule has 0 spiro atoms. The predicted molar refractivity (Wildman–Crippen MR) is 95.4 cm³/mol. The van der Waals surface area contributed by atoms with Crippen LogP contribution in [-0.2, 0) is 19.3 Å². The molecule has 1 aliphatic rings. The van der Waals surface area contributed by atoms with Gasteiger partial charge in [0.1, 0.15) is 5.75 Å². The normalized spacial score (nSPS) is 16.9. The average molecular weight is 364 g/mol. The van der Waals surface area contributed by atoms with Crippen molar-refractivity contribution in [2.45, 2.75) is 19.6 Å². The van der Waals surface area contributed by atoms with Crippen molar-refractivity contribution < 1.29 is 13.1 Å². The summed E-state index contributed by atoms with van der Waals surface area (Å²) >= 11 is 5.97. The molecule has 0 saturated carbocycles. The lowest BCUT2D eigenvalue weighted by molar-refractivity contribution is 0.115. The van der Waals surface area contributed by atoms with Crippen LogP contribution >= 0.6 is 11.6 Å². The highest BCUT2D eigenvalue weighted by atomic mass is 35.5. The number of hydrogen-bond acceptors (Lipinski definition) is 6. The molecule has 0 radical (unpaired) electrons. The van der Waals surface area contributed by atoms with E-state index >= 15 is 0 Å². The molecular formula is C17H16ClN2O3S-. The number of halogens is 1. The number of ether oxygens (including phenoxy) is 1. The van der Waals surface area contributed by atoms with Crippen molar-refractivity contribution in [3.05, 3.63) is 58.6 Å². The molecule has 7 heteroatoms. The Balaban J connectivity index is 2.11. The van der Waals surface area contributed by atoms with Crippen molar-refractivity contribution in [2.75, 3.05) is 7.11 Å². The van der Waals surface area contributed by atoms with Gasteiger partial charge >= 0.3 is 0 Å². The van der Waals surface area contributed by atoms with E-state index in [2.05, 4.69) is 8.55 Å². The summed E-state index contributed by atoms with van der Waals surface area (Å²) in [6.07, 6.45) is 0. The van der Waals surface area contributed by atoms with Crippen molar-refractivity contribution in [2.24, 2.45) is 9.36 Å². The van der Waals surface area contributed by atoms with Gasteiger partial charge < -0.3 is 17.5 Å². The first-order valence-corrected chi connectivity index (χ1v) is 8.66. The highest BCUT2D eigenvalue weighted by molar-refractivity contribution is 7.69.